The lowest BCUT2D eigenvalue weighted by Gasteiger charge is -2.31. The Morgan fingerprint density at radius 1 is 1.29 bits per heavy atom. The SMILES string of the molecule is C=C(CC)CCC1CCN(CC)CC1. The predicted molar refractivity (Wildman–Crippen MR) is 63.5 cm³/mol. The summed E-state index contributed by atoms with van der Waals surface area (Å²) in [5.74, 6) is 0.973. The monoisotopic (exact) mass is 195 g/mol. The highest BCUT2D eigenvalue weighted by molar-refractivity contribution is 4.92. The molecular formula is C13H25N. The van der Waals surface area contributed by atoms with E-state index in [1.807, 2.05) is 0 Å². The molecule has 0 atom stereocenters. The Hall–Kier alpha value is -0.300. The first-order valence-corrected chi connectivity index (χ1v) is 6.15. The molecule has 1 fully saturated rings. The Balaban J connectivity index is 2.13. The molecule has 1 rings (SSSR count). The molecule has 1 aliphatic rings. The van der Waals surface area contributed by atoms with Crippen molar-refractivity contribution in [3.63, 3.8) is 0 Å². The Kier molecular flexibility index (Phi) is 5.24. The number of rotatable bonds is 5. The molecule has 0 aromatic carbocycles. The zero-order chi connectivity index (χ0) is 10.4. The van der Waals surface area contributed by atoms with Crippen molar-refractivity contribution in [1.82, 2.24) is 4.90 Å². The number of piperidine rings is 1. The maximum absolute atomic E-state index is 4.08. The van der Waals surface area contributed by atoms with Gasteiger partial charge in [-0.3, -0.25) is 0 Å². The van der Waals surface area contributed by atoms with E-state index in [0.29, 0.717) is 0 Å². The molecule has 1 nitrogen and oxygen atoms in total. The van der Waals surface area contributed by atoms with Crippen molar-refractivity contribution in [2.45, 2.75) is 46.0 Å². The summed E-state index contributed by atoms with van der Waals surface area (Å²) in [5.41, 5.74) is 1.43. The first-order valence-electron chi connectivity index (χ1n) is 6.15. The van der Waals surface area contributed by atoms with Gasteiger partial charge in [-0.15, -0.1) is 0 Å². The van der Waals surface area contributed by atoms with Crippen LogP contribution in [0.5, 0.6) is 0 Å². The summed E-state index contributed by atoms with van der Waals surface area (Å²) in [4.78, 5) is 2.56. The maximum Gasteiger partial charge on any atom is -0.00162 e. The summed E-state index contributed by atoms with van der Waals surface area (Å²) < 4.78 is 0. The molecule has 0 radical (unpaired) electrons. The first-order chi connectivity index (χ1) is 6.76. The number of allylic oxidation sites excluding steroid dienone is 1. The van der Waals surface area contributed by atoms with Crippen molar-refractivity contribution in [1.29, 1.82) is 0 Å². The molecule has 0 saturated carbocycles. The molecule has 0 amide bonds. The van der Waals surface area contributed by atoms with Crippen LogP contribution in [0.4, 0.5) is 0 Å². The average Bonchev–Trinajstić information content (AvgIpc) is 2.26. The van der Waals surface area contributed by atoms with E-state index in [1.165, 1.54) is 50.9 Å². The maximum atomic E-state index is 4.08. The van der Waals surface area contributed by atoms with Gasteiger partial charge in [0.1, 0.15) is 0 Å². The van der Waals surface area contributed by atoms with Crippen LogP contribution in [0.25, 0.3) is 0 Å². The van der Waals surface area contributed by atoms with Crippen molar-refractivity contribution in [2.24, 2.45) is 5.92 Å². The second-order valence-electron chi connectivity index (χ2n) is 4.52. The molecule has 0 aliphatic carbocycles. The fourth-order valence-electron chi connectivity index (χ4n) is 2.18. The zero-order valence-electron chi connectivity index (χ0n) is 9.89. The smallest absolute Gasteiger partial charge is 0.00162 e. The van der Waals surface area contributed by atoms with E-state index in [9.17, 15) is 0 Å². The molecule has 82 valence electrons. The van der Waals surface area contributed by atoms with Crippen LogP contribution in [0.2, 0.25) is 0 Å². The van der Waals surface area contributed by atoms with Gasteiger partial charge in [-0.1, -0.05) is 26.0 Å². The normalized spacial score (nSPS) is 19.9. The van der Waals surface area contributed by atoms with Gasteiger partial charge in [-0.25, -0.2) is 0 Å². The van der Waals surface area contributed by atoms with Crippen LogP contribution in [0.15, 0.2) is 12.2 Å². The van der Waals surface area contributed by atoms with Gasteiger partial charge in [0.2, 0.25) is 0 Å². The Bertz CT molecular complexity index is 166. The number of likely N-dealkylation sites (tertiary alicyclic amines) is 1. The lowest BCUT2D eigenvalue weighted by Crippen LogP contribution is -2.33. The molecule has 0 aromatic heterocycles. The van der Waals surface area contributed by atoms with Gasteiger partial charge in [0.25, 0.3) is 0 Å². The molecule has 14 heavy (non-hydrogen) atoms. The van der Waals surface area contributed by atoms with E-state index >= 15 is 0 Å². The van der Waals surface area contributed by atoms with E-state index < -0.39 is 0 Å². The third-order valence-electron chi connectivity index (χ3n) is 3.56. The highest BCUT2D eigenvalue weighted by atomic mass is 15.1. The average molecular weight is 195 g/mol. The highest BCUT2D eigenvalue weighted by Gasteiger charge is 2.17. The van der Waals surface area contributed by atoms with E-state index in [0.717, 1.165) is 12.3 Å². The summed E-state index contributed by atoms with van der Waals surface area (Å²) in [6.07, 6.45) is 6.61. The van der Waals surface area contributed by atoms with E-state index in [1.54, 1.807) is 0 Å². The van der Waals surface area contributed by atoms with Crippen molar-refractivity contribution >= 4 is 0 Å². The molecule has 0 aromatic rings. The Labute approximate surface area is 89.2 Å². The van der Waals surface area contributed by atoms with E-state index in [4.69, 9.17) is 0 Å². The van der Waals surface area contributed by atoms with Crippen LogP contribution < -0.4 is 0 Å². The first kappa shape index (κ1) is 11.8. The molecule has 1 heterocycles. The fraction of sp³-hybridized carbons (Fsp3) is 0.846. The number of nitrogens with zero attached hydrogens (tertiary/aromatic N) is 1. The summed E-state index contributed by atoms with van der Waals surface area (Å²) in [6.45, 7) is 12.4. The number of hydrogen-bond acceptors (Lipinski definition) is 1. The second kappa shape index (κ2) is 6.23. The fourth-order valence-corrected chi connectivity index (χ4v) is 2.18. The van der Waals surface area contributed by atoms with Gasteiger partial charge >= 0.3 is 0 Å². The third kappa shape index (κ3) is 3.83. The van der Waals surface area contributed by atoms with Gasteiger partial charge in [-0.05, 0) is 57.7 Å². The molecule has 1 saturated heterocycles. The van der Waals surface area contributed by atoms with E-state index in [-0.39, 0.29) is 0 Å². The van der Waals surface area contributed by atoms with Gasteiger partial charge in [0.15, 0.2) is 0 Å². The molecule has 1 aliphatic heterocycles. The molecular weight excluding hydrogens is 170 g/mol. The molecule has 1 heteroatoms. The van der Waals surface area contributed by atoms with Gasteiger partial charge in [0.05, 0.1) is 0 Å². The van der Waals surface area contributed by atoms with Crippen LogP contribution in [-0.4, -0.2) is 24.5 Å². The quantitative estimate of drug-likeness (QED) is 0.607. The topological polar surface area (TPSA) is 3.24 Å². The zero-order valence-corrected chi connectivity index (χ0v) is 9.89. The van der Waals surface area contributed by atoms with Crippen molar-refractivity contribution in [3.8, 4) is 0 Å². The minimum atomic E-state index is 0.973. The Morgan fingerprint density at radius 3 is 2.43 bits per heavy atom. The van der Waals surface area contributed by atoms with Crippen molar-refractivity contribution < 1.29 is 0 Å². The summed E-state index contributed by atoms with van der Waals surface area (Å²) in [7, 11) is 0. The summed E-state index contributed by atoms with van der Waals surface area (Å²) in [5, 5.41) is 0. The highest BCUT2D eigenvalue weighted by Crippen LogP contribution is 2.23. The minimum Gasteiger partial charge on any atom is -0.304 e. The lowest BCUT2D eigenvalue weighted by atomic mass is 9.90. The molecule has 0 unspecified atom stereocenters. The van der Waals surface area contributed by atoms with Crippen LogP contribution in [0.3, 0.4) is 0 Å². The van der Waals surface area contributed by atoms with Crippen molar-refractivity contribution in [3.05, 3.63) is 12.2 Å². The van der Waals surface area contributed by atoms with Crippen molar-refractivity contribution in [2.75, 3.05) is 19.6 Å². The predicted octanol–water partition coefficient (Wildman–Crippen LogP) is 3.46. The van der Waals surface area contributed by atoms with Crippen LogP contribution in [0, 0.1) is 5.92 Å². The summed E-state index contributed by atoms with van der Waals surface area (Å²) >= 11 is 0. The van der Waals surface area contributed by atoms with Gasteiger partial charge in [0, 0.05) is 0 Å². The van der Waals surface area contributed by atoms with Crippen LogP contribution in [-0.2, 0) is 0 Å². The molecule has 0 spiro atoms. The third-order valence-corrected chi connectivity index (χ3v) is 3.56. The second-order valence-corrected chi connectivity index (χ2v) is 4.52. The summed E-state index contributed by atoms with van der Waals surface area (Å²) in [6, 6.07) is 0. The standard InChI is InChI=1S/C13H25N/c1-4-12(3)6-7-13-8-10-14(5-2)11-9-13/h13H,3-11H2,1-2H3. The largest absolute Gasteiger partial charge is 0.304 e. The molecule has 0 N–H and O–H groups in total. The van der Waals surface area contributed by atoms with Gasteiger partial charge in [-0.2, -0.15) is 0 Å². The molecule has 0 bridgehead atoms. The minimum absolute atomic E-state index is 0.973. The Morgan fingerprint density at radius 2 is 1.93 bits per heavy atom. The van der Waals surface area contributed by atoms with Crippen LogP contribution >= 0.6 is 0 Å². The lowest BCUT2D eigenvalue weighted by molar-refractivity contribution is 0.187. The van der Waals surface area contributed by atoms with Crippen LogP contribution in [0.1, 0.15) is 46.0 Å². The van der Waals surface area contributed by atoms with Gasteiger partial charge < -0.3 is 4.90 Å². The van der Waals surface area contributed by atoms with E-state index in [2.05, 4.69) is 25.3 Å². The number of hydrogen-bond donors (Lipinski definition) is 0.